The molecule has 1 aliphatic rings. The number of amides is 1. The molecule has 1 fully saturated rings. The third kappa shape index (κ3) is 3.52. The molecule has 0 radical (unpaired) electrons. The number of benzene rings is 1. The fourth-order valence-corrected chi connectivity index (χ4v) is 4.02. The van der Waals surface area contributed by atoms with Crippen molar-refractivity contribution in [2.75, 3.05) is 30.4 Å². The first-order chi connectivity index (χ1) is 10.2. The quantitative estimate of drug-likeness (QED) is 0.838. The van der Waals surface area contributed by atoms with Crippen LogP contribution < -0.4 is 5.32 Å². The minimum absolute atomic E-state index is 0.0283. The molecule has 0 saturated carbocycles. The zero-order chi connectivity index (χ0) is 16.5. The van der Waals surface area contributed by atoms with E-state index in [1.165, 1.54) is 11.9 Å². The van der Waals surface area contributed by atoms with Gasteiger partial charge in [0.05, 0.1) is 23.7 Å². The van der Waals surface area contributed by atoms with E-state index in [0.717, 1.165) is 12.1 Å². The Bertz CT molecular complexity index is 694. The molecule has 1 saturated heterocycles. The summed E-state index contributed by atoms with van der Waals surface area (Å²) in [7, 11) is -1.67. The molecule has 122 valence electrons. The van der Waals surface area contributed by atoms with Gasteiger partial charge in [0.2, 0.25) is 5.91 Å². The van der Waals surface area contributed by atoms with Gasteiger partial charge in [0.25, 0.3) is 0 Å². The van der Waals surface area contributed by atoms with E-state index in [-0.39, 0.29) is 23.7 Å². The van der Waals surface area contributed by atoms with Crippen molar-refractivity contribution < 1.29 is 26.4 Å². The highest BCUT2D eigenvalue weighted by atomic mass is 32.2. The Hall–Kier alpha value is -1.77. The molecule has 1 amide bonds. The first-order valence-corrected chi connectivity index (χ1v) is 8.37. The summed E-state index contributed by atoms with van der Waals surface area (Å²) in [4.78, 5) is 13.2. The van der Waals surface area contributed by atoms with Gasteiger partial charge in [-0.05, 0) is 18.6 Å². The Morgan fingerprint density at radius 1 is 1.32 bits per heavy atom. The second-order valence-corrected chi connectivity index (χ2v) is 7.37. The van der Waals surface area contributed by atoms with Crippen LogP contribution in [-0.4, -0.2) is 50.4 Å². The van der Waals surface area contributed by atoms with E-state index in [4.69, 9.17) is 0 Å². The maximum atomic E-state index is 13.4. The van der Waals surface area contributed by atoms with E-state index in [2.05, 4.69) is 5.32 Å². The van der Waals surface area contributed by atoms with Crippen LogP contribution in [0.2, 0.25) is 0 Å². The molecule has 5 nitrogen and oxygen atoms in total. The maximum Gasteiger partial charge on any atom is 0.241 e. The van der Waals surface area contributed by atoms with E-state index < -0.39 is 39.2 Å². The minimum Gasteiger partial charge on any atom is -0.374 e. The van der Waals surface area contributed by atoms with E-state index >= 15 is 0 Å². The van der Waals surface area contributed by atoms with Crippen LogP contribution in [0.3, 0.4) is 0 Å². The summed E-state index contributed by atoms with van der Waals surface area (Å²) in [6, 6.07) is 1.31. The van der Waals surface area contributed by atoms with Crippen molar-refractivity contribution in [1.29, 1.82) is 0 Å². The highest BCUT2D eigenvalue weighted by molar-refractivity contribution is 7.91. The summed E-state index contributed by atoms with van der Waals surface area (Å²) in [5.74, 6) is -4.88. The number of sulfone groups is 1. The van der Waals surface area contributed by atoms with Crippen molar-refractivity contribution in [3.8, 4) is 0 Å². The predicted octanol–water partition coefficient (Wildman–Crippen LogP) is 1.16. The second-order valence-electron chi connectivity index (χ2n) is 5.14. The minimum atomic E-state index is -3.12. The maximum absolute atomic E-state index is 13.4. The van der Waals surface area contributed by atoms with Gasteiger partial charge >= 0.3 is 0 Å². The zero-order valence-electron chi connectivity index (χ0n) is 11.8. The number of likely N-dealkylation sites (N-methyl/N-ethyl adjacent to an activating group) is 1. The van der Waals surface area contributed by atoms with Crippen molar-refractivity contribution >= 4 is 21.4 Å². The first-order valence-electron chi connectivity index (χ1n) is 6.55. The molecule has 9 heteroatoms. The van der Waals surface area contributed by atoms with Crippen LogP contribution in [0.15, 0.2) is 12.1 Å². The van der Waals surface area contributed by atoms with Crippen molar-refractivity contribution in [3.05, 3.63) is 29.6 Å². The molecule has 1 aliphatic heterocycles. The van der Waals surface area contributed by atoms with E-state index in [0.29, 0.717) is 6.42 Å². The molecule has 0 spiro atoms. The van der Waals surface area contributed by atoms with Crippen molar-refractivity contribution in [2.45, 2.75) is 12.5 Å². The van der Waals surface area contributed by atoms with Gasteiger partial charge in [-0.1, -0.05) is 0 Å². The molecular formula is C13H15F3N2O3S. The number of carbonyl (C=O) groups is 1. The summed E-state index contributed by atoms with van der Waals surface area (Å²) in [5, 5.41) is 2.38. The summed E-state index contributed by atoms with van der Waals surface area (Å²) in [6.07, 6.45) is 0.351. The number of nitrogens with zero attached hydrogens (tertiary/aromatic N) is 1. The Labute approximate surface area is 126 Å². The standard InChI is InChI=1S/C13H15F3N2O3S/c1-18(8-4-5-22(20,21)7-8)11(19)6-17-10-3-2-9(14)12(15)13(10)16/h2-3,8,17H,4-7H2,1H3. The highest BCUT2D eigenvalue weighted by Gasteiger charge is 2.32. The molecule has 1 N–H and O–H groups in total. The monoisotopic (exact) mass is 336 g/mol. The highest BCUT2D eigenvalue weighted by Crippen LogP contribution is 2.20. The Balaban J connectivity index is 1.97. The number of rotatable bonds is 4. The lowest BCUT2D eigenvalue weighted by Gasteiger charge is -2.23. The molecule has 1 unspecified atom stereocenters. The molecule has 0 bridgehead atoms. The summed E-state index contributed by atoms with van der Waals surface area (Å²) < 4.78 is 62.0. The lowest BCUT2D eigenvalue weighted by Crippen LogP contribution is -2.41. The molecule has 1 aromatic carbocycles. The fourth-order valence-electron chi connectivity index (χ4n) is 2.24. The van der Waals surface area contributed by atoms with Crippen LogP contribution in [0.5, 0.6) is 0 Å². The van der Waals surface area contributed by atoms with Crippen LogP contribution >= 0.6 is 0 Å². The second kappa shape index (κ2) is 6.15. The normalized spacial score (nSPS) is 19.9. The fraction of sp³-hybridized carbons (Fsp3) is 0.462. The number of nitrogens with one attached hydrogen (secondary N) is 1. The Morgan fingerprint density at radius 2 is 2.00 bits per heavy atom. The molecular weight excluding hydrogens is 321 g/mol. The summed E-state index contributed by atoms with van der Waals surface area (Å²) >= 11 is 0. The number of anilines is 1. The molecule has 0 aliphatic carbocycles. The smallest absolute Gasteiger partial charge is 0.241 e. The molecule has 2 rings (SSSR count). The average Bonchev–Trinajstić information content (AvgIpc) is 2.83. The number of carbonyl (C=O) groups excluding carboxylic acids is 1. The van der Waals surface area contributed by atoms with Crippen molar-refractivity contribution in [3.63, 3.8) is 0 Å². The number of hydrogen-bond donors (Lipinski definition) is 1. The Morgan fingerprint density at radius 3 is 2.59 bits per heavy atom. The SMILES string of the molecule is CN(C(=O)CNc1ccc(F)c(F)c1F)C1CCS(=O)(=O)C1. The third-order valence-corrected chi connectivity index (χ3v) is 5.37. The van der Waals surface area contributed by atoms with Gasteiger partial charge in [0.15, 0.2) is 27.3 Å². The largest absolute Gasteiger partial charge is 0.374 e. The van der Waals surface area contributed by atoms with Crippen LogP contribution in [0.4, 0.5) is 18.9 Å². The molecule has 1 heterocycles. The van der Waals surface area contributed by atoms with Gasteiger partial charge in [-0.15, -0.1) is 0 Å². The Kier molecular flexibility index (Phi) is 4.64. The van der Waals surface area contributed by atoms with Gasteiger partial charge in [-0.25, -0.2) is 21.6 Å². The lowest BCUT2D eigenvalue weighted by atomic mass is 10.2. The van der Waals surface area contributed by atoms with Crippen LogP contribution in [0.1, 0.15) is 6.42 Å². The van der Waals surface area contributed by atoms with Crippen molar-refractivity contribution in [1.82, 2.24) is 4.90 Å². The van der Waals surface area contributed by atoms with Crippen LogP contribution in [-0.2, 0) is 14.6 Å². The van der Waals surface area contributed by atoms with Gasteiger partial charge < -0.3 is 10.2 Å². The van der Waals surface area contributed by atoms with Gasteiger partial charge in [0.1, 0.15) is 0 Å². The molecule has 0 aromatic heterocycles. The number of hydrogen-bond acceptors (Lipinski definition) is 4. The molecule has 1 aromatic rings. The van der Waals surface area contributed by atoms with Gasteiger partial charge in [-0.3, -0.25) is 4.79 Å². The van der Waals surface area contributed by atoms with Crippen LogP contribution in [0.25, 0.3) is 0 Å². The molecule has 22 heavy (non-hydrogen) atoms. The van der Waals surface area contributed by atoms with E-state index in [1.54, 1.807) is 0 Å². The summed E-state index contributed by atoms with van der Waals surface area (Å²) in [6.45, 7) is -0.352. The summed E-state index contributed by atoms with van der Waals surface area (Å²) in [5.41, 5.74) is -0.334. The topological polar surface area (TPSA) is 66.5 Å². The van der Waals surface area contributed by atoms with E-state index in [1.807, 2.05) is 0 Å². The lowest BCUT2D eigenvalue weighted by molar-refractivity contribution is -0.129. The first kappa shape index (κ1) is 16.6. The zero-order valence-corrected chi connectivity index (χ0v) is 12.6. The number of halogens is 3. The molecule has 1 atom stereocenters. The van der Waals surface area contributed by atoms with Gasteiger partial charge in [0, 0.05) is 13.1 Å². The third-order valence-electron chi connectivity index (χ3n) is 3.61. The average molecular weight is 336 g/mol. The van der Waals surface area contributed by atoms with Gasteiger partial charge in [-0.2, -0.15) is 0 Å². The van der Waals surface area contributed by atoms with E-state index in [9.17, 15) is 26.4 Å². The van der Waals surface area contributed by atoms with Crippen molar-refractivity contribution in [2.24, 2.45) is 0 Å². The predicted molar refractivity (Wildman–Crippen MR) is 74.6 cm³/mol. The van der Waals surface area contributed by atoms with Crippen LogP contribution in [0, 0.1) is 17.5 Å².